The number of hydrogen-bond donors (Lipinski definition) is 0. The molecule has 5 heteroatoms. The molecule has 0 aliphatic rings. The molecule has 8 aromatic carbocycles. The van der Waals surface area contributed by atoms with Crippen molar-refractivity contribution in [2.24, 2.45) is 0 Å². The van der Waals surface area contributed by atoms with E-state index in [1.807, 2.05) is 42.5 Å². The van der Waals surface area contributed by atoms with Crippen molar-refractivity contribution in [2.75, 3.05) is 0 Å². The zero-order valence-electron chi connectivity index (χ0n) is 26.2. The maximum Gasteiger partial charge on any atom is 0.227 e. The van der Waals surface area contributed by atoms with E-state index in [1.165, 1.54) is 10.8 Å². The van der Waals surface area contributed by atoms with E-state index in [0.29, 0.717) is 23.4 Å². The summed E-state index contributed by atoms with van der Waals surface area (Å²) < 4.78 is 6.33. The summed E-state index contributed by atoms with van der Waals surface area (Å²) in [6, 6.07) is 54.2. The first-order chi connectivity index (χ1) is 24.3. The molecule has 0 aliphatic heterocycles. The first-order valence-electron chi connectivity index (χ1n) is 16.3. The minimum Gasteiger partial charge on any atom is -0.435 e. The standard InChI is InChI=1S/C44H26N4O/c1-4-14-33-27(9-1)12-7-17-36(33)42-46-41(47-43(48-42)37-18-8-13-30-20-19-28-10-2-5-15-34(28)39(30)37)31-21-23-32(24-22-31)44-45-38-26-25-29-11-3-6-16-35(29)40(38)49-44/h1-26H. The average molecular weight is 627 g/mol. The third-order valence-electron chi connectivity index (χ3n) is 9.35. The Morgan fingerprint density at radius 3 is 1.67 bits per heavy atom. The van der Waals surface area contributed by atoms with Gasteiger partial charge in [-0.05, 0) is 50.5 Å². The van der Waals surface area contributed by atoms with Crippen LogP contribution >= 0.6 is 0 Å². The minimum atomic E-state index is 0.577. The lowest BCUT2D eigenvalue weighted by Crippen LogP contribution is -2.01. The maximum absolute atomic E-state index is 6.33. The smallest absolute Gasteiger partial charge is 0.227 e. The highest BCUT2D eigenvalue weighted by atomic mass is 16.3. The van der Waals surface area contributed by atoms with Crippen LogP contribution in [-0.4, -0.2) is 19.9 Å². The van der Waals surface area contributed by atoms with Gasteiger partial charge in [-0.25, -0.2) is 19.9 Å². The maximum atomic E-state index is 6.33. The summed E-state index contributed by atoms with van der Waals surface area (Å²) in [5.41, 5.74) is 5.32. The molecule has 49 heavy (non-hydrogen) atoms. The number of hydrogen-bond acceptors (Lipinski definition) is 5. The molecule has 10 aromatic rings. The van der Waals surface area contributed by atoms with E-state index in [1.54, 1.807) is 0 Å². The average Bonchev–Trinajstić information content (AvgIpc) is 3.62. The largest absolute Gasteiger partial charge is 0.435 e. The van der Waals surface area contributed by atoms with Crippen LogP contribution < -0.4 is 0 Å². The van der Waals surface area contributed by atoms with Gasteiger partial charge < -0.3 is 4.42 Å². The Morgan fingerprint density at radius 2 is 0.878 bits per heavy atom. The summed E-state index contributed by atoms with van der Waals surface area (Å²) >= 11 is 0. The zero-order chi connectivity index (χ0) is 32.3. The third-order valence-corrected chi connectivity index (χ3v) is 9.35. The number of oxazole rings is 1. The summed E-state index contributed by atoms with van der Waals surface area (Å²) in [6.07, 6.45) is 0. The molecule has 228 valence electrons. The van der Waals surface area contributed by atoms with Crippen LogP contribution in [0, 0.1) is 0 Å². The van der Waals surface area contributed by atoms with Gasteiger partial charge in [0.15, 0.2) is 23.1 Å². The van der Waals surface area contributed by atoms with Crippen molar-refractivity contribution in [3.8, 4) is 45.6 Å². The van der Waals surface area contributed by atoms with E-state index in [0.717, 1.165) is 65.7 Å². The molecule has 0 saturated carbocycles. The monoisotopic (exact) mass is 626 g/mol. The van der Waals surface area contributed by atoms with E-state index in [4.69, 9.17) is 24.4 Å². The van der Waals surface area contributed by atoms with Gasteiger partial charge in [0.2, 0.25) is 5.89 Å². The van der Waals surface area contributed by atoms with Gasteiger partial charge in [-0.3, -0.25) is 0 Å². The molecule has 0 aliphatic carbocycles. The normalized spacial score (nSPS) is 11.7. The number of rotatable bonds is 4. The number of nitrogens with zero attached hydrogens (tertiary/aromatic N) is 4. The van der Waals surface area contributed by atoms with Crippen molar-refractivity contribution in [3.63, 3.8) is 0 Å². The van der Waals surface area contributed by atoms with Gasteiger partial charge in [-0.1, -0.05) is 140 Å². The Hall–Kier alpha value is -6.72. The van der Waals surface area contributed by atoms with E-state index in [2.05, 4.69) is 115 Å². The fraction of sp³-hybridized carbons (Fsp3) is 0. The molecule has 5 nitrogen and oxygen atoms in total. The Balaban J connectivity index is 1.15. The topological polar surface area (TPSA) is 64.7 Å². The molecule has 0 spiro atoms. The molecule has 2 heterocycles. The summed E-state index contributed by atoms with van der Waals surface area (Å²) in [7, 11) is 0. The molecular formula is C44H26N4O. The van der Waals surface area contributed by atoms with Gasteiger partial charge in [0.25, 0.3) is 0 Å². The Kier molecular flexibility index (Phi) is 6.11. The van der Waals surface area contributed by atoms with Crippen LogP contribution in [0.1, 0.15) is 0 Å². The molecule has 0 N–H and O–H groups in total. The molecule has 0 atom stereocenters. The lowest BCUT2D eigenvalue weighted by atomic mass is 9.97. The fourth-order valence-electron chi connectivity index (χ4n) is 6.95. The SMILES string of the molecule is c1ccc2c(-c3nc(-c4ccc(-c5nc6ccc7ccccc7c6o5)cc4)nc(-c4cccc5ccc6ccccc6c45)n3)cccc2c1. The molecule has 0 fully saturated rings. The molecule has 0 bridgehead atoms. The first kappa shape index (κ1) is 27.4. The summed E-state index contributed by atoms with van der Waals surface area (Å²) in [5.74, 6) is 2.43. The van der Waals surface area contributed by atoms with Crippen LogP contribution in [0.3, 0.4) is 0 Å². The van der Waals surface area contributed by atoms with Crippen molar-refractivity contribution in [1.82, 2.24) is 19.9 Å². The summed E-state index contributed by atoms with van der Waals surface area (Å²) in [5, 5.41) is 9.01. The van der Waals surface area contributed by atoms with Gasteiger partial charge in [0, 0.05) is 33.0 Å². The van der Waals surface area contributed by atoms with E-state index in [9.17, 15) is 0 Å². The summed E-state index contributed by atoms with van der Waals surface area (Å²) in [6.45, 7) is 0. The van der Waals surface area contributed by atoms with Crippen LogP contribution in [0.4, 0.5) is 0 Å². The minimum absolute atomic E-state index is 0.577. The Morgan fingerprint density at radius 1 is 0.347 bits per heavy atom. The lowest BCUT2D eigenvalue weighted by Gasteiger charge is -2.13. The van der Waals surface area contributed by atoms with E-state index in [-0.39, 0.29) is 0 Å². The van der Waals surface area contributed by atoms with Crippen molar-refractivity contribution in [3.05, 3.63) is 158 Å². The van der Waals surface area contributed by atoms with Gasteiger partial charge in [-0.2, -0.15) is 0 Å². The molecule has 2 aromatic heterocycles. The lowest BCUT2D eigenvalue weighted by molar-refractivity contribution is 0.623. The van der Waals surface area contributed by atoms with Crippen molar-refractivity contribution < 1.29 is 4.42 Å². The van der Waals surface area contributed by atoms with Crippen molar-refractivity contribution >= 4 is 54.2 Å². The second-order valence-corrected chi connectivity index (χ2v) is 12.3. The van der Waals surface area contributed by atoms with Crippen LogP contribution in [0.5, 0.6) is 0 Å². The highest BCUT2D eigenvalue weighted by molar-refractivity contribution is 6.13. The molecule has 0 radical (unpaired) electrons. The highest BCUT2D eigenvalue weighted by Crippen LogP contribution is 2.36. The Bertz CT molecular complexity index is 2890. The van der Waals surface area contributed by atoms with Gasteiger partial charge in [0.1, 0.15) is 5.52 Å². The van der Waals surface area contributed by atoms with Crippen molar-refractivity contribution in [2.45, 2.75) is 0 Å². The first-order valence-corrected chi connectivity index (χ1v) is 16.3. The highest BCUT2D eigenvalue weighted by Gasteiger charge is 2.18. The van der Waals surface area contributed by atoms with Crippen LogP contribution in [0.15, 0.2) is 162 Å². The summed E-state index contributed by atoms with van der Waals surface area (Å²) in [4.78, 5) is 20.2. The number of fused-ring (bicyclic) bond motifs is 7. The van der Waals surface area contributed by atoms with Gasteiger partial charge in [0.05, 0.1) is 0 Å². The molecule has 10 rings (SSSR count). The zero-order valence-corrected chi connectivity index (χ0v) is 26.2. The van der Waals surface area contributed by atoms with Crippen LogP contribution in [0.2, 0.25) is 0 Å². The van der Waals surface area contributed by atoms with Crippen LogP contribution in [-0.2, 0) is 0 Å². The number of aromatic nitrogens is 4. The molecule has 0 amide bonds. The molecule has 0 saturated heterocycles. The van der Waals surface area contributed by atoms with Gasteiger partial charge >= 0.3 is 0 Å². The third kappa shape index (κ3) is 4.55. The van der Waals surface area contributed by atoms with Crippen molar-refractivity contribution in [1.29, 1.82) is 0 Å². The second kappa shape index (κ2) is 10.9. The predicted molar refractivity (Wildman–Crippen MR) is 199 cm³/mol. The number of benzene rings is 8. The quantitative estimate of drug-likeness (QED) is 0.182. The molecular weight excluding hydrogens is 601 g/mol. The predicted octanol–water partition coefficient (Wildman–Crippen LogP) is 11.3. The molecule has 0 unspecified atom stereocenters. The van der Waals surface area contributed by atoms with E-state index < -0.39 is 0 Å². The fourth-order valence-corrected chi connectivity index (χ4v) is 6.95. The Labute approximate surface area is 281 Å². The van der Waals surface area contributed by atoms with Crippen LogP contribution in [0.25, 0.3) is 99.8 Å². The van der Waals surface area contributed by atoms with Gasteiger partial charge in [-0.15, -0.1) is 0 Å². The van der Waals surface area contributed by atoms with E-state index >= 15 is 0 Å². The second-order valence-electron chi connectivity index (χ2n) is 12.3.